The first-order valence-electron chi connectivity index (χ1n) is 8.56. The van der Waals surface area contributed by atoms with Crippen molar-refractivity contribution in [1.82, 2.24) is 0 Å². The van der Waals surface area contributed by atoms with Crippen LogP contribution >= 0.6 is 0 Å². The predicted molar refractivity (Wildman–Crippen MR) is 95.0 cm³/mol. The Bertz CT molecular complexity index is 569. The summed E-state index contributed by atoms with van der Waals surface area (Å²) in [6.07, 6.45) is 0. The highest BCUT2D eigenvalue weighted by molar-refractivity contribution is 5.32. The Balaban J connectivity index is 2.10. The van der Waals surface area contributed by atoms with Gasteiger partial charge in [0.1, 0.15) is 31.9 Å². The summed E-state index contributed by atoms with van der Waals surface area (Å²) in [7, 11) is 4.43. The summed E-state index contributed by atoms with van der Waals surface area (Å²) in [5.74, 6) is 1.03. The average Bonchev–Trinajstić information content (AvgIpc) is 2.55. The molecule has 0 fully saturated rings. The van der Waals surface area contributed by atoms with Crippen LogP contribution in [-0.2, 0) is 13.1 Å². The third kappa shape index (κ3) is 6.05. The number of para-hydroxylation sites is 1. The lowest BCUT2D eigenvalue weighted by Crippen LogP contribution is -3.16. The predicted octanol–water partition coefficient (Wildman–Crippen LogP) is 0.815. The van der Waals surface area contributed by atoms with Crippen molar-refractivity contribution in [2.45, 2.75) is 20.0 Å². The molecule has 0 saturated heterocycles. The molecule has 0 aliphatic carbocycles. The van der Waals surface area contributed by atoms with E-state index in [4.69, 9.17) is 4.74 Å². The summed E-state index contributed by atoms with van der Waals surface area (Å²) in [6, 6.07) is 19.2. The van der Waals surface area contributed by atoms with Crippen molar-refractivity contribution in [3.05, 3.63) is 65.7 Å². The zero-order chi connectivity index (χ0) is 16.5. The van der Waals surface area contributed by atoms with E-state index in [1.54, 1.807) is 4.90 Å². The second kappa shape index (κ2) is 9.33. The Labute approximate surface area is 140 Å². The molecule has 124 valence electrons. The number of hydrogen-bond acceptors (Lipinski definition) is 1. The summed E-state index contributed by atoms with van der Waals surface area (Å²) < 4.78 is 5.80. The first-order chi connectivity index (χ1) is 11.2. The first-order valence-corrected chi connectivity index (χ1v) is 8.56. The largest absolute Gasteiger partial charge is 0.493 e. The molecule has 0 radical (unpaired) electrons. The van der Waals surface area contributed by atoms with E-state index in [0.717, 1.165) is 25.4 Å². The maximum Gasteiger partial charge on any atom is 0.128 e. The third-order valence-corrected chi connectivity index (χ3v) is 3.99. The van der Waals surface area contributed by atoms with E-state index in [2.05, 4.69) is 68.7 Å². The molecule has 0 aromatic heterocycles. The fourth-order valence-electron chi connectivity index (χ4n) is 2.77. The zero-order valence-electron chi connectivity index (χ0n) is 14.6. The minimum atomic E-state index is 0.715. The fraction of sp³-hybridized carbons (Fsp3) is 0.400. The monoisotopic (exact) mass is 314 g/mol. The average molecular weight is 314 g/mol. The van der Waals surface area contributed by atoms with Gasteiger partial charge in [-0.3, -0.25) is 0 Å². The normalized spacial score (nSPS) is 12.3. The second-order valence-electron chi connectivity index (χ2n) is 6.34. The molecule has 3 nitrogen and oxygen atoms in total. The molecule has 0 heterocycles. The summed E-state index contributed by atoms with van der Waals surface area (Å²) in [6.45, 7) is 7.12. The fourth-order valence-corrected chi connectivity index (χ4v) is 2.77. The molecule has 2 aromatic rings. The minimum Gasteiger partial charge on any atom is -0.493 e. The van der Waals surface area contributed by atoms with Gasteiger partial charge in [-0.15, -0.1) is 0 Å². The smallest absolute Gasteiger partial charge is 0.128 e. The van der Waals surface area contributed by atoms with E-state index in [1.165, 1.54) is 22.6 Å². The molecule has 1 unspecified atom stereocenters. The van der Waals surface area contributed by atoms with Crippen molar-refractivity contribution >= 4 is 0 Å². The highest BCUT2D eigenvalue weighted by Crippen LogP contribution is 2.16. The SMILES string of the molecule is CCOc1ccccc1C[NH+](CC[NH+](C)C)Cc1ccccc1. The number of likely N-dealkylation sites (N-methyl/N-ethyl adjacent to an activating group) is 1. The van der Waals surface area contributed by atoms with E-state index in [1.807, 2.05) is 6.92 Å². The quantitative estimate of drug-likeness (QED) is 0.701. The standard InChI is InChI=1S/C20H28N2O/c1-4-23-20-13-9-8-12-19(20)17-22(15-14-21(2)3)16-18-10-6-5-7-11-18/h5-13H,4,14-17H2,1-3H3/p+2. The van der Waals surface area contributed by atoms with Crippen molar-refractivity contribution in [2.75, 3.05) is 33.8 Å². The number of ether oxygens (including phenoxy) is 1. The Kier molecular flexibility index (Phi) is 7.11. The van der Waals surface area contributed by atoms with Crippen LogP contribution in [0.1, 0.15) is 18.1 Å². The summed E-state index contributed by atoms with van der Waals surface area (Å²) in [5.41, 5.74) is 2.69. The van der Waals surface area contributed by atoms with Gasteiger partial charge in [0.05, 0.1) is 20.7 Å². The Morgan fingerprint density at radius 3 is 2.22 bits per heavy atom. The number of quaternary nitrogens is 2. The van der Waals surface area contributed by atoms with Crippen molar-refractivity contribution in [2.24, 2.45) is 0 Å². The molecule has 0 aliphatic heterocycles. The van der Waals surface area contributed by atoms with Gasteiger partial charge in [0.2, 0.25) is 0 Å². The molecule has 0 amide bonds. The van der Waals surface area contributed by atoms with Gasteiger partial charge in [-0.25, -0.2) is 0 Å². The summed E-state index contributed by atoms with van der Waals surface area (Å²) >= 11 is 0. The number of hydrogen-bond donors (Lipinski definition) is 2. The van der Waals surface area contributed by atoms with Crippen molar-refractivity contribution < 1.29 is 14.5 Å². The van der Waals surface area contributed by atoms with Crippen molar-refractivity contribution in [1.29, 1.82) is 0 Å². The molecule has 2 aromatic carbocycles. The highest BCUT2D eigenvalue weighted by Gasteiger charge is 2.15. The van der Waals surface area contributed by atoms with Crippen LogP contribution in [0.25, 0.3) is 0 Å². The van der Waals surface area contributed by atoms with E-state index >= 15 is 0 Å². The van der Waals surface area contributed by atoms with Crippen LogP contribution < -0.4 is 14.5 Å². The number of benzene rings is 2. The molecule has 1 atom stereocenters. The molecule has 0 spiro atoms. The van der Waals surface area contributed by atoms with E-state index < -0.39 is 0 Å². The van der Waals surface area contributed by atoms with Gasteiger partial charge in [0, 0.05) is 11.1 Å². The minimum absolute atomic E-state index is 0.715. The number of rotatable bonds is 9. The molecule has 2 N–H and O–H groups in total. The molecule has 23 heavy (non-hydrogen) atoms. The lowest BCUT2D eigenvalue weighted by atomic mass is 10.1. The van der Waals surface area contributed by atoms with Gasteiger partial charge in [-0.1, -0.05) is 42.5 Å². The Hall–Kier alpha value is -1.84. The van der Waals surface area contributed by atoms with Crippen LogP contribution in [0.3, 0.4) is 0 Å². The topological polar surface area (TPSA) is 18.1 Å². The van der Waals surface area contributed by atoms with Gasteiger partial charge >= 0.3 is 0 Å². The van der Waals surface area contributed by atoms with Crippen LogP contribution in [0.15, 0.2) is 54.6 Å². The highest BCUT2D eigenvalue weighted by atomic mass is 16.5. The molecular formula is C20H30N2O+2. The van der Waals surface area contributed by atoms with E-state index in [0.29, 0.717) is 6.61 Å². The first kappa shape index (κ1) is 17.5. The third-order valence-electron chi connectivity index (χ3n) is 3.99. The van der Waals surface area contributed by atoms with E-state index in [-0.39, 0.29) is 0 Å². The lowest BCUT2D eigenvalue weighted by molar-refractivity contribution is -0.960. The Morgan fingerprint density at radius 1 is 0.826 bits per heavy atom. The van der Waals surface area contributed by atoms with Gasteiger partial charge in [-0.2, -0.15) is 0 Å². The van der Waals surface area contributed by atoms with Crippen LogP contribution in [-0.4, -0.2) is 33.8 Å². The van der Waals surface area contributed by atoms with Crippen molar-refractivity contribution in [3.63, 3.8) is 0 Å². The van der Waals surface area contributed by atoms with Gasteiger partial charge in [-0.05, 0) is 19.1 Å². The van der Waals surface area contributed by atoms with Crippen molar-refractivity contribution in [3.8, 4) is 5.75 Å². The van der Waals surface area contributed by atoms with E-state index in [9.17, 15) is 0 Å². The second-order valence-corrected chi connectivity index (χ2v) is 6.34. The molecule has 0 bridgehead atoms. The summed E-state index contributed by atoms with van der Waals surface area (Å²) in [5, 5.41) is 0. The maximum absolute atomic E-state index is 5.80. The Morgan fingerprint density at radius 2 is 1.52 bits per heavy atom. The van der Waals surface area contributed by atoms with Gasteiger partial charge in [0.25, 0.3) is 0 Å². The lowest BCUT2D eigenvalue weighted by Gasteiger charge is -2.21. The molecule has 2 rings (SSSR count). The van der Waals surface area contributed by atoms with Gasteiger partial charge in [0.15, 0.2) is 0 Å². The molecular weight excluding hydrogens is 284 g/mol. The van der Waals surface area contributed by atoms with Crippen LogP contribution in [0.2, 0.25) is 0 Å². The van der Waals surface area contributed by atoms with Crippen LogP contribution in [0.5, 0.6) is 5.75 Å². The number of nitrogens with one attached hydrogen (secondary N) is 2. The van der Waals surface area contributed by atoms with Crippen LogP contribution in [0.4, 0.5) is 0 Å². The molecule has 0 aliphatic rings. The summed E-state index contributed by atoms with van der Waals surface area (Å²) in [4.78, 5) is 3.07. The molecule has 0 saturated carbocycles. The zero-order valence-corrected chi connectivity index (χ0v) is 14.6. The van der Waals surface area contributed by atoms with Crippen LogP contribution in [0, 0.1) is 0 Å². The maximum atomic E-state index is 5.80. The van der Waals surface area contributed by atoms with Gasteiger partial charge < -0.3 is 14.5 Å². The molecule has 3 heteroatoms.